The van der Waals surface area contributed by atoms with E-state index in [1.165, 1.54) is 45.4 Å². The predicted octanol–water partition coefficient (Wildman–Crippen LogP) is 2.76. The maximum atomic E-state index is 14.3. The van der Waals surface area contributed by atoms with Crippen LogP contribution in [-0.4, -0.2) is 155 Å². The summed E-state index contributed by atoms with van der Waals surface area (Å²) in [5, 5.41) is 5.73. The van der Waals surface area contributed by atoms with E-state index in [4.69, 9.17) is 20.9 Å². The van der Waals surface area contributed by atoms with Gasteiger partial charge in [0.2, 0.25) is 35.4 Å². The van der Waals surface area contributed by atoms with Gasteiger partial charge >= 0.3 is 0 Å². The molecule has 1 fully saturated rings. The Balaban J connectivity index is 2.25. The summed E-state index contributed by atoms with van der Waals surface area (Å²) in [6.07, 6.45) is 1.16. The number of unbranched alkanes of at least 4 members (excludes halogenated alkanes) is 1. The van der Waals surface area contributed by atoms with E-state index in [0.717, 1.165) is 0 Å². The molecule has 0 bridgehead atoms. The zero-order chi connectivity index (χ0) is 53.4. The van der Waals surface area contributed by atoms with E-state index >= 15 is 0 Å². The number of Topliss-reactive ketones (excluding diaryl/α,β-unsaturated/α-hetero) is 1. The molecular formula is C50H86N8O11S. The van der Waals surface area contributed by atoms with Crippen molar-refractivity contribution in [2.24, 2.45) is 41.1 Å². The van der Waals surface area contributed by atoms with Gasteiger partial charge in [-0.1, -0.05) is 87.3 Å². The fourth-order valence-electron chi connectivity index (χ4n) is 9.34. The molecule has 0 aliphatic carbocycles. The Morgan fingerprint density at radius 2 is 1.44 bits per heavy atom. The van der Waals surface area contributed by atoms with E-state index in [2.05, 4.69) is 15.4 Å². The van der Waals surface area contributed by atoms with Crippen molar-refractivity contribution in [1.29, 1.82) is 0 Å². The number of methoxy groups -OCH3 is 2. The van der Waals surface area contributed by atoms with Gasteiger partial charge in [-0.3, -0.25) is 38.5 Å². The normalized spacial score (nSPS) is 18.1. The number of amides is 6. The SMILES string of the molecule is CC[C@H](C)[C@@H]([C@@H](CC(=O)N1CCC[C@H]1[C@H](OC)[C@@H](C)C(=O)NS(=O)(=O)c1ccc(CC(=O)[C@H](CCCCC(N)=O)NC(=O)[C@@H](N)C(C)C)cc1)OC)N(C)C(=O)[C@@H](NC(=O)[C@H](C(C)C)N(C)C)C(C)C. The quantitative estimate of drug-likeness (QED) is 0.0695. The molecule has 1 heterocycles. The van der Waals surface area contributed by atoms with Crippen molar-refractivity contribution in [3.05, 3.63) is 29.8 Å². The van der Waals surface area contributed by atoms with E-state index in [1.807, 2.05) is 60.5 Å². The Labute approximate surface area is 417 Å². The van der Waals surface area contributed by atoms with Crippen LogP contribution in [0.15, 0.2) is 29.2 Å². The Hall–Kier alpha value is -4.50. The van der Waals surface area contributed by atoms with Crippen LogP contribution in [0.1, 0.15) is 119 Å². The minimum Gasteiger partial charge on any atom is -0.379 e. The van der Waals surface area contributed by atoms with E-state index in [1.54, 1.807) is 30.7 Å². The van der Waals surface area contributed by atoms with Gasteiger partial charge in [0.1, 0.15) is 6.04 Å². The highest BCUT2D eigenvalue weighted by Gasteiger charge is 2.44. The van der Waals surface area contributed by atoms with Crippen molar-refractivity contribution < 1.29 is 51.5 Å². The number of hydrogen-bond acceptors (Lipinski definition) is 13. The first kappa shape index (κ1) is 61.6. The van der Waals surface area contributed by atoms with Crippen LogP contribution in [0.3, 0.4) is 0 Å². The molecule has 0 unspecified atom stereocenters. The Morgan fingerprint density at radius 3 is 1.94 bits per heavy atom. The number of hydrogen-bond donors (Lipinski definition) is 5. The minimum absolute atomic E-state index is 0.00159. The summed E-state index contributed by atoms with van der Waals surface area (Å²) in [5.41, 5.74) is 11.7. The second-order valence-electron chi connectivity index (χ2n) is 20.3. The van der Waals surface area contributed by atoms with Gasteiger partial charge < -0.3 is 41.4 Å². The maximum absolute atomic E-state index is 14.3. The number of carbonyl (C=O) groups is 7. The number of nitrogens with two attached hydrogens (primary N) is 2. The molecule has 1 aliphatic heterocycles. The van der Waals surface area contributed by atoms with Crippen LogP contribution in [0, 0.1) is 29.6 Å². The van der Waals surface area contributed by atoms with Crippen LogP contribution < -0.4 is 26.8 Å². The number of sulfonamides is 1. The zero-order valence-electron chi connectivity index (χ0n) is 44.3. The lowest BCUT2D eigenvalue weighted by atomic mass is 9.89. The van der Waals surface area contributed by atoms with Crippen LogP contribution in [0.2, 0.25) is 0 Å². The topological polar surface area (TPSA) is 270 Å². The number of nitrogens with one attached hydrogen (secondary N) is 3. The summed E-state index contributed by atoms with van der Waals surface area (Å²) >= 11 is 0. The third kappa shape index (κ3) is 17.4. The lowest BCUT2D eigenvalue weighted by Gasteiger charge is -2.41. The first-order valence-electron chi connectivity index (χ1n) is 24.8. The number of likely N-dealkylation sites (tertiary alicyclic amines) is 1. The molecule has 20 heteroatoms. The van der Waals surface area contributed by atoms with Crippen molar-refractivity contribution in [2.45, 2.75) is 173 Å². The molecule has 19 nitrogen and oxygen atoms in total. The Morgan fingerprint density at radius 1 is 0.829 bits per heavy atom. The first-order valence-corrected chi connectivity index (χ1v) is 26.2. The summed E-state index contributed by atoms with van der Waals surface area (Å²) in [6.45, 7) is 17.1. The number of primary amides is 1. The summed E-state index contributed by atoms with van der Waals surface area (Å²) in [4.78, 5) is 98.2. The van der Waals surface area contributed by atoms with Crippen molar-refractivity contribution in [3.8, 4) is 0 Å². The highest BCUT2D eigenvalue weighted by atomic mass is 32.2. The van der Waals surface area contributed by atoms with E-state index in [9.17, 15) is 42.0 Å². The average molecular weight is 1010 g/mol. The summed E-state index contributed by atoms with van der Waals surface area (Å²) in [7, 11) is 3.83. The minimum atomic E-state index is -4.41. The van der Waals surface area contributed by atoms with Gasteiger partial charge in [-0.15, -0.1) is 0 Å². The molecule has 6 amide bonds. The highest BCUT2D eigenvalue weighted by Crippen LogP contribution is 2.30. The molecule has 0 aromatic heterocycles. The summed E-state index contributed by atoms with van der Waals surface area (Å²) in [6, 6.07) is 1.31. The fraction of sp³-hybridized carbons (Fsp3) is 0.740. The summed E-state index contributed by atoms with van der Waals surface area (Å²) < 4.78 is 41.2. The standard InChI is InChI=1S/C50H86N8O11S/c1-15-32(8)45(57(12)50(65)43(30(4)5)54-49(64)44(31(6)7)56(10)11)39(68-13)28-41(61)58-26-18-20-37(58)46(69-14)33(9)47(62)55-70(66,67)35-24-22-34(23-25-35)27-38(59)36(19-16-17-21-40(51)60)53-48(63)42(52)29(2)3/h22-25,29-33,36-37,39,42-46H,15-21,26-28,52H2,1-14H3,(H2,51,60)(H,53,63)(H,54,64)(H,55,62)/t32-,33+,36-,37-,39+,42-,43-,44-,45-,46+/m0/s1. The van der Waals surface area contributed by atoms with Gasteiger partial charge in [-0.05, 0) is 81.1 Å². The van der Waals surface area contributed by atoms with Crippen molar-refractivity contribution >= 4 is 51.2 Å². The van der Waals surface area contributed by atoms with E-state index < -0.39 is 82.1 Å². The largest absolute Gasteiger partial charge is 0.379 e. The highest BCUT2D eigenvalue weighted by molar-refractivity contribution is 7.90. The fourth-order valence-corrected chi connectivity index (χ4v) is 10.4. The molecule has 2 rings (SSSR count). The van der Waals surface area contributed by atoms with Crippen LogP contribution >= 0.6 is 0 Å². The lowest BCUT2D eigenvalue weighted by Crippen LogP contribution is -2.59. The van der Waals surface area contributed by atoms with Crippen LogP contribution in [0.4, 0.5) is 0 Å². The van der Waals surface area contributed by atoms with E-state index in [-0.39, 0.29) is 77.8 Å². The first-order chi connectivity index (χ1) is 32.6. The van der Waals surface area contributed by atoms with Gasteiger partial charge in [-0.25, -0.2) is 13.1 Å². The van der Waals surface area contributed by atoms with E-state index in [0.29, 0.717) is 44.2 Å². The smallest absolute Gasteiger partial charge is 0.264 e. The van der Waals surface area contributed by atoms with Gasteiger partial charge in [0, 0.05) is 40.7 Å². The maximum Gasteiger partial charge on any atom is 0.264 e. The van der Waals surface area contributed by atoms with Gasteiger partial charge in [0.25, 0.3) is 10.0 Å². The molecule has 1 aromatic carbocycles. The van der Waals surface area contributed by atoms with Crippen molar-refractivity contribution in [3.63, 3.8) is 0 Å². The number of ketones is 1. The average Bonchev–Trinajstić information content (AvgIpc) is 3.77. The third-order valence-electron chi connectivity index (χ3n) is 13.7. The monoisotopic (exact) mass is 1010 g/mol. The third-order valence-corrected chi connectivity index (χ3v) is 15.0. The molecule has 7 N–H and O–H groups in total. The van der Waals surface area contributed by atoms with Crippen molar-refractivity contribution in [1.82, 2.24) is 30.1 Å². The molecule has 10 atom stereocenters. The number of benzene rings is 1. The molecule has 0 saturated carbocycles. The molecular weight excluding hydrogens is 921 g/mol. The summed E-state index contributed by atoms with van der Waals surface area (Å²) in [5.74, 6) is -4.52. The number of rotatable bonds is 30. The van der Waals surface area contributed by atoms with Crippen LogP contribution in [0.25, 0.3) is 0 Å². The van der Waals surface area contributed by atoms with Crippen molar-refractivity contribution in [2.75, 3.05) is 41.9 Å². The van der Waals surface area contributed by atoms with Gasteiger partial charge in [0.15, 0.2) is 5.78 Å². The molecule has 1 aliphatic rings. The Bertz CT molecular complexity index is 2010. The molecule has 1 saturated heterocycles. The van der Waals surface area contributed by atoms with Crippen LogP contribution in [-0.2, 0) is 59.5 Å². The molecule has 0 radical (unpaired) electrons. The zero-order valence-corrected chi connectivity index (χ0v) is 45.1. The lowest BCUT2D eigenvalue weighted by molar-refractivity contribution is -0.148. The van der Waals surface area contributed by atoms with Gasteiger partial charge in [0.05, 0.1) is 59.7 Å². The molecule has 0 spiro atoms. The van der Waals surface area contributed by atoms with Gasteiger partial charge in [-0.2, -0.15) is 0 Å². The molecule has 70 heavy (non-hydrogen) atoms. The number of carbonyl (C=O) groups excluding carboxylic acids is 7. The predicted molar refractivity (Wildman–Crippen MR) is 268 cm³/mol. The second-order valence-corrected chi connectivity index (χ2v) is 22.0. The van der Waals surface area contributed by atoms with Crippen LogP contribution in [0.5, 0.6) is 0 Å². The Kier molecular flexibility index (Phi) is 25.1. The number of likely N-dealkylation sites (N-methyl/N-ethyl adjacent to an activating group) is 2. The molecule has 1 aromatic rings. The number of nitrogens with zero attached hydrogens (tertiary/aromatic N) is 3. The molecule has 398 valence electrons. The number of ether oxygens (including phenoxy) is 2. The second kappa shape index (κ2) is 28.5.